The van der Waals surface area contributed by atoms with E-state index in [4.69, 9.17) is 4.98 Å². The third-order valence-corrected chi connectivity index (χ3v) is 9.11. The molecule has 0 radical (unpaired) electrons. The molecule has 0 atom stereocenters. The van der Waals surface area contributed by atoms with Crippen LogP contribution in [0.4, 0.5) is 17.1 Å². The molecule has 5 aromatic carbocycles. The van der Waals surface area contributed by atoms with Gasteiger partial charge in [-0.15, -0.1) is 11.3 Å². The highest BCUT2D eigenvalue weighted by atomic mass is 32.1. The molecule has 0 fully saturated rings. The van der Waals surface area contributed by atoms with Crippen molar-refractivity contribution in [2.75, 3.05) is 4.90 Å². The Balaban J connectivity index is 1.30. The van der Waals surface area contributed by atoms with Gasteiger partial charge in [-0.05, 0) is 65.2 Å². The van der Waals surface area contributed by atoms with E-state index in [1.807, 2.05) is 11.3 Å². The Bertz CT molecular complexity index is 2020. The zero-order chi connectivity index (χ0) is 27.3. The summed E-state index contributed by atoms with van der Waals surface area (Å²) in [6.45, 7) is 2.18. The van der Waals surface area contributed by atoms with Gasteiger partial charge < -0.3 is 4.90 Å². The first-order valence-corrected chi connectivity index (χ1v) is 14.9. The normalized spacial score (nSPS) is 12.1. The zero-order valence-electron chi connectivity index (χ0n) is 22.7. The molecule has 1 aliphatic heterocycles. The second-order valence-electron chi connectivity index (χ2n) is 10.3. The second kappa shape index (κ2) is 9.61. The van der Waals surface area contributed by atoms with Crippen LogP contribution >= 0.6 is 11.3 Å². The van der Waals surface area contributed by atoms with Gasteiger partial charge in [-0.2, -0.15) is 0 Å². The van der Waals surface area contributed by atoms with E-state index in [0.29, 0.717) is 0 Å². The topological polar surface area (TPSA) is 21.1 Å². The molecule has 7 aromatic rings. The molecule has 8 rings (SSSR count). The summed E-state index contributed by atoms with van der Waals surface area (Å²) >= 11 is 1.84. The lowest BCUT2D eigenvalue weighted by Crippen LogP contribution is -2.19. The molecule has 3 nitrogen and oxygen atoms in total. The van der Waals surface area contributed by atoms with Crippen LogP contribution in [0.3, 0.4) is 0 Å². The van der Waals surface area contributed by atoms with E-state index in [2.05, 4.69) is 150 Å². The smallest absolute Gasteiger partial charge is 0.114 e. The van der Waals surface area contributed by atoms with Crippen LogP contribution in [0.5, 0.6) is 0 Å². The van der Waals surface area contributed by atoms with E-state index in [-0.39, 0.29) is 0 Å². The number of thiophene rings is 1. The van der Waals surface area contributed by atoms with E-state index < -0.39 is 0 Å². The molecule has 0 saturated carbocycles. The van der Waals surface area contributed by atoms with Crippen LogP contribution in [-0.4, -0.2) is 9.55 Å². The molecule has 0 N–H and O–H groups in total. The van der Waals surface area contributed by atoms with Gasteiger partial charge in [-0.3, -0.25) is 4.57 Å². The maximum Gasteiger partial charge on any atom is 0.114 e. The maximum atomic E-state index is 5.08. The third-order valence-electron chi connectivity index (χ3n) is 7.92. The summed E-state index contributed by atoms with van der Waals surface area (Å²) in [5, 5.41) is 0. The number of imidazole rings is 1. The molecule has 0 bridgehead atoms. The van der Waals surface area contributed by atoms with Gasteiger partial charge in [0.2, 0.25) is 0 Å². The number of rotatable bonds is 5. The molecule has 196 valence electrons. The van der Waals surface area contributed by atoms with E-state index in [9.17, 15) is 0 Å². The van der Waals surface area contributed by atoms with Crippen LogP contribution in [0, 0.1) is 0 Å². The molecule has 0 unspecified atom stereocenters. The number of hydrogen-bond acceptors (Lipinski definition) is 3. The van der Waals surface area contributed by atoms with Crippen molar-refractivity contribution in [3.05, 3.63) is 139 Å². The highest BCUT2D eigenvalue weighted by Gasteiger charge is 2.31. The summed E-state index contributed by atoms with van der Waals surface area (Å²) < 4.78 is 2.37. The van der Waals surface area contributed by atoms with E-state index in [1.165, 1.54) is 43.4 Å². The first-order chi connectivity index (χ1) is 20.3. The van der Waals surface area contributed by atoms with Crippen LogP contribution in [0.2, 0.25) is 0 Å². The molecule has 0 amide bonds. The van der Waals surface area contributed by atoms with E-state index in [0.717, 1.165) is 34.7 Å². The lowest BCUT2D eigenvalue weighted by Gasteiger charge is -2.34. The van der Waals surface area contributed by atoms with Gasteiger partial charge in [0.1, 0.15) is 5.82 Å². The SMILES string of the molecule is CCc1nc2ccc(-c3ccc(-c4ccc(-c5ccccc5)s4)cc3)c3c2n1-c1ccccc1N3c1ccccc1. The van der Waals surface area contributed by atoms with Gasteiger partial charge in [0.05, 0.1) is 28.1 Å². The third kappa shape index (κ3) is 3.83. The Hall–Kier alpha value is -4.93. The minimum absolute atomic E-state index is 0.865. The van der Waals surface area contributed by atoms with Crippen molar-refractivity contribution in [1.82, 2.24) is 9.55 Å². The molecule has 0 aliphatic carbocycles. The Labute approximate surface area is 243 Å². The first kappa shape index (κ1) is 23.9. The minimum atomic E-state index is 0.865. The van der Waals surface area contributed by atoms with Crippen LogP contribution in [0.1, 0.15) is 12.7 Å². The van der Waals surface area contributed by atoms with Crippen molar-refractivity contribution >= 4 is 39.4 Å². The predicted octanol–water partition coefficient (Wildman–Crippen LogP) is 10.4. The average Bonchev–Trinajstić information content (AvgIpc) is 3.69. The van der Waals surface area contributed by atoms with Crippen LogP contribution in [-0.2, 0) is 6.42 Å². The standard InChI is InChI=1S/C37H27N3S/c1-2-35-38-30-22-21-29(25-17-19-27(20-18-25)34-24-23-33(41-34)26-11-5-3-6-12-26)36-37(30)40(35)32-16-10-9-15-31(32)39(36)28-13-7-4-8-14-28/h3-24H,2H2,1H3. The fourth-order valence-electron chi connectivity index (χ4n) is 6.03. The van der Waals surface area contributed by atoms with Gasteiger partial charge in [-0.1, -0.05) is 91.9 Å². The molecule has 2 aromatic heterocycles. The quantitative estimate of drug-likeness (QED) is 0.214. The predicted molar refractivity (Wildman–Crippen MR) is 173 cm³/mol. The molecular weight excluding hydrogens is 518 g/mol. The van der Waals surface area contributed by atoms with Crippen molar-refractivity contribution in [2.24, 2.45) is 0 Å². The van der Waals surface area contributed by atoms with Crippen LogP contribution in [0.15, 0.2) is 133 Å². The van der Waals surface area contributed by atoms with Gasteiger partial charge in [0.15, 0.2) is 0 Å². The number of para-hydroxylation sites is 3. The molecule has 0 spiro atoms. The van der Waals surface area contributed by atoms with Crippen LogP contribution < -0.4 is 4.90 Å². The number of nitrogens with zero attached hydrogens (tertiary/aromatic N) is 3. The van der Waals surface area contributed by atoms with Gasteiger partial charge in [-0.25, -0.2) is 4.98 Å². The van der Waals surface area contributed by atoms with Crippen molar-refractivity contribution in [3.8, 4) is 37.7 Å². The minimum Gasteiger partial charge on any atom is -0.306 e. The number of benzene rings is 5. The summed E-state index contributed by atoms with van der Waals surface area (Å²) in [4.78, 5) is 10.1. The number of aromatic nitrogens is 2. The first-order valence-electron chi connectivity index (χ1n) is 14.0. The zero-order valence-corrected chi connectivity index (χ0v) is 23.5. The van der Waals surface area contributed by atoms with E-state index >= 15 is 0 Å². The molecule has 4 heteroatoms. The van der Waals surface area contributed by atoms with Gasteiger partial charge in [0.25, 0.3) is 0 Å². The lowest BCUT2D eigenvalue weighted by molar-refractivity contribution is 0.900. The maximum absolute atomic E-state index is 5.08. The van der Waals surface area contributed by atoms with Crippen molar-refractivity contribution < 1.29 is 0 Å². The Kier molecular flexibility index (Phi) is 5.61. The van der Waals surface area contributed by atoms with E-state index in [1.54, 1.807) is 0 Å². The van der Waals surface area contributed by atoms with Crippen molar-refractivity contribution in [2.45, 2.75) is 13.3 Å². The highest BCUT2D eigenvalue weighted by molar-refractivity contribution is 7.18. The molecule has 3 heterocycles. The summed E-state index contributed by atoms with van der Waals surface area (Å²) in [5.41, 5.74) is 11.7. The largest absolute Gasteiger partial charge is 0.306 e. The Morgan fingerprint density at radius 2 is 1.20 bits per heavy atom. The van der Waals surface area contributed by atoms with Crippen LogP contribution in [0.25, 0.3) is 48.7 Å². The lowest BCUT2D eigenvalue weighted by atomic mass is 9.97. The summed E-state index contributed by atoms with van der Waals surface area (Å²) in [6, 6.07) is 47.9. The van der Waals surface area contributed by atoms with Gasteiger partial charge in [0, 0.05) is 27.4 Å². The fraction of sp³-hybridized carbons (Fsp3) is 0.0541. The number of aryl methyl sites for hydroxylation is 1. The summed E-state index contributed by atoms with van der Waals surface area (Å²) in [5.74, 6) is 1.08. The number of hydrogen-bond donors (Lipinski definition) is 0. The van der Waals surface area contributed by atoms with Crippen molar-refractivity contribution in [1.29, 1.82) is 0 Å². The second-order valence-corrected chi connectivity index (χ2v) is 11.4. The Morgan fingerprint density at radius 3 is 1.90 bits per heavy atom. The average molecular weight is 546 g/mol. The molecular formula is C37H27N3S. The highest BCUT2D eigenvalue weighted by Crippen LogP contribution is 2.51. The number of fused-ring (bicyclic) bond motifs is 2. The fourth-order valence-corrected chi connectivity index (χ4v) is 7.04. The monoisotopic (exact) mass is 545 g/mol. The molecule has 41 heavy (non-hydrogen) atoms. The van der Waals surface area contributed by atoms with Crippen molar-refractivity contribution in [3.63, 3.8) is 0 Å². The summed E-state index contributed by atoms with van der Waals surface area (Å²) in [6.07, 6.45) is 0.865. The molecule has 1 aliphatic rings. The summed E-state index contributed by atoms with van der Waals surface area (Å²) in [7, 11) is 0. The Morgan fingerprint density at radius 1 is 0.585 bits per heavy atom. The number of anilines is 3. The molecule has 0 saturated heterocycles. The van der Waals surface area contributed by atoms with Gasteiger partial charge >= 0.3 is 0 Å².